The van der Waals surface area contributed by atoms with Crippen molar-refractivity contribution in [1.82, 2.24) is 16.0 Å². The molecular weight excluding hydrogens is 506 g/mol. The third kappa shape index (κ3) is 15.2. The molecule has 0 bridgehead atoms. The van der Waals surface area contributed by atoms with Crippen LogP contribution in [0.2, 0.25) is 0 Å². The lowest BCUT2D eigenvalue weighted by molar-refractivity contribution is -0.142. The van der Waals surface area contributed by atoms with E-state index in [1.54, 1.807) is 45.0 Å². The Morgan fingerprint density at radius 3 is 2.18 bits per heavy atom. The van der Waals surface area contributed by atoms with Crippen LogP contribution in [0.25, 0.3) is 0 Å². The number of ether oxygens (including phenoxy) is 1. The highest BCUT2D eigenvalue weighted by molar-refractivity contribution is 5.92. The molecule has 39 heavy (non-hydrogen) atoms. The van der Waals surface area contributed by atoms with Gasteiger partial charge in [-0.15, -0.1) is 0 Å². The van der Waals surface area contributed by atoms with Crippen LogP contribution in [0.3, 0.4) is 0 Å². The van der Waals surface area contributed by atoms with Crippen LogP contribution in [0.15, 0.2) is 35.3 Å². The number of benzene rings is 1. The fraction of sp³-hybridized carbons (Fsp3) is 0.577. The lowest BCUT2D eigenvalue weighted by Crippen LogP contribution is -2.55. The lowest BCUT2D eigenvalue weighted by Gasteiger charge is -2.23. The summed E-state index contributed by atoms with van der Waals surface area (Å²) in [5, 5.41) is 17.4. The van der Waals surface area contributed by atoms with Crippen molar-refractivity contribution in [1.29, 1.82) is 0 Å². The fourth-order valence-corrected chi connectivity index (χ4v) is 3.50. The molecule has 10 N–H and O–H groups in total. The average Bonchev–Trinajstić information content (AvgIpc) is 2.84. The van der Waals surface area contributed by atoms with Crippen molar-refractivity contribution >= 4 is 29.8 Å². The van der Waals surface area contributed by atoms with Gasteiger partial charge in [-0.2, -0.15) is 0 Å². The van der Waals surface area contributed by atoms with Gasteiger partial charge >= 0.3 is 12.1 Å². The molecule has 0 aliphatic carbocycles. The van der Waals surface area contributed by atoms with Crippen LogP contribution in [0.1, 0.15) is 58.4 Å². The first-order chi connectivity index (χ1) is 18.3. The van der Waals surface area contributed by atoms with Gasteiger partial charge in [0.15, 0.2) is 5.96 Å². The molecule has 0 heterocycles. The van der Waals surface area contributed by atoms with Crippen molar-refractivity contribution in [3.05, 3.63) is 35.9 Å². The summed E-state index contributed by atoms with van der Waals surface area (Å²) in [6, 6.07) is 5.89. The molecule has 1 aromatic carbocycles. The second-order valence-corrected chi connectivity index (χ2v) is 10.1. The maximum Gasteiger partial charge on any atom is 0.407 e. The molecule has 1 aromatic rings. The van der Waals surface area contributed by atoms with Crippen molar-refractivity contribution in [2.75, 3.05) is 13.1 Å². The quantitative estimate of drug-likeness (QED) is 0.0857. The first-order valence-electron chi connectivity index (χ1n) is 12.9. The highest BCUT2D eigenvalue weighted by atomic mass is 16.6. The topological polar surface area (TPSA) is 224 Å². The number of alkyl carbamates (subject to hydrolysis) is 1. The van der Waals surface area contributed by atoms with Gasteiger partial charge in [-0.25, -0.2) is 9.59 Å². The van der Waals surface area contributed by atoms with Gasteiger partial charge < -0.3 is 43.0 Å². The van der Waals surface area contributed by atoms with E-state index in [1.165, 1.54) is 0 Å². The predicted molar refractivity (Wildman–Crippen MR) is 148 cm³/mol. The van der Waals surface area contributed by atoms with Gasteiger partial charge in [-0.3, -0.25) is 14.6 Å². The number of nitrogens with one attached hydrogen (secondary N) is 3. The minimum absolute atomic E-state index is 0.0979. The molecule has 3 atom stereocenters. The first-order valence-corrected chi connectivity index (χ1v) is 12.9. The van der Waals surface area contributed by atoms with Crippen molar-refractivity contribution in [2.24, 2.45) is 22.2 Å². The Kier molecular flexibility index (Phi) is 14.3. The lowest BCUT2D eigenvalue weighted by atomic mass is 10.0. The van der Waals surface area contributed by atoms with Gasteiger partial charge in [0.25, 0.3) is 0 Å². The van der Waals surface area contributed by atoms with Crippen molar-refractivity contribution in [3.63, 3.8) is 0 Å². The molecule has 0 unspecified atom stereocenters. The summed E-state index contributed by atoms with van der Waals surface area (Å²) in [6.45, 7) is 5.89. The molecule has 13 nitrogen and oxygen atoms in total. The zero-order valence-electron chi connectivity index (χ0n) is 22.9. The Morgan fingerprint density at radius 1 is 0.949 bits per heavy atom. The first kappa shape index (κ1) is 33.2. The Hall–Kier alpha value is -3.87. The molecule has 0 aromatic heterocycles. The van der Waals surface area contributed by atoms with Crippen molar-refractivity contribution in [3.8, 4) is 0 Å². The SMILES string of the molecule is CC(C)(C)OC(=O)NCCCC[C@@H](N)C(=O)N[C@@H](Cc1ccccc1)C(=O)N[C@@H](CCCN=C(N)N)C(=O)O. The van der Waals surface area contributed by atoms with Gasteiger partial charge in [0.1, 0.15) is 17.7 Å². The zero-order chi connectivity index (χ0) is 29.4. The summed E-state index contributed by atoms with van der Waals surface area (Å²) < 4.78 is 5.17. The van der Waals surface area contributed by atoms with E-state index >= 15 is 0 Å². The number of guanidine groups is 1. The van der Waals surface area contributed by atoms with E-state index in [-0.39, 0.29) is 25.3 Å². The average molecular weight is 550 g/mol. The third-order valence-corrected chi connectivity index (χ3v) is 5.42. The number of hydrogen-bond donors (Lipinski definition) is 7. The number of rotatable bonds is 16. The number of carbonyl (C=O) groups excluding carboxylic acids is 3. The molecule has 3 amide bonds. The molecule has 0 spiro atoms. The van der Waals surface area contributed by atoms with Crippen LogP contribution in [-0.2, 0) is 25.5 Å². The molecule has 0 saturated heterocycles. The fourth-order valence-electron chi connectivity index (χ4n) is 3.50. The largest absolute Gasteiger partial charge is 0.480 e. The molecule has 0 aliphatic rings. The zero-order valence-corrected chi connectivity index (χ0v) is 22.9. The van der Waals surface area contributed by atoms with Gasteiger partial charge in [0.2, 0.25) is 11.8 Å². The normalized spacial score (nSPS) is 13.3. The van der Waals surface area contributed by atoms with Gasteiger partial charge in [0.05, 0.1) is 6.04 Å². The summed E-state index contributed by atoms with van der Waals surface area (Å²) in [5.74, 6) is -2.50. The summed E-state index contributed by atoms with van der Waals surface area (Å²) >= 11 is 0. The standard InChI is InChI=1S/C26H43N7O6/c1-26(2,3)39-25(38)31-14-8-7-12-18(27)21(34)33-20(16-17-10-5-4-6-11-17)22(35)32-19(23(36)37)13-9-15-30-24(28)29/h4-6,10-11,18-20H,7-9,12-16,27H2,1-3H3,(H,31,38)(H,32,35)(H,33,34)(H,36,37)(H4,28,29,30)/t18-,19+,20+/m1/s1. The molecule has 13 heteroatoms. The number of nitrogens with zero attached hydrogens (tertiary/aromatic N) is 1. The summed E-state index contributed by atoms with van der Waals surface area (Å²) in [5.41, 5.74) is 16.8. The number of carboxylic acids is 1. The monoisotopic (exact) mass is 549 g/mol. The van der Waals surface area contributed by atoms with Crippen LogP contribution in [-0.4, -0.2) is 71.8 Å². The molecule has 1 rings (SSSR count). The molecular formula is C26H43N7O6. The van der Waals surface area contributed by atoms with E-state index in [0.717, 1.165) is 5.56 Å². The summed E-state index contributed by atoms with van der Waals surface area (Å²) in [7, 11) is 0. The van der Waals surface area contributed by atoms with E-state index in [2.05, 4.69) is 20.9 Å². The predicted octanol–water partition coefficient (Wildman–Crippen LogP) is 0.359. The number of unbranched alkanes of at least 4 members (excludes halogenated alkanes) is 1. The number of aliphatic imine (C=N–C) groups is 1. The smallest absolute Gasteiger partial charge is 0.407 e. The van der Waals surface area contributed by atoms with Crippen molar-refractivity contribution in [2.45, 2.75) is 83.0 Å². The van der Waals surface area contributed by atoms with Crippen LogP contribution in [0.5, 0.6) is 0 Å². The highest BCUT2D eigenvalue weighted by Gasteiger charge is 2.28. The maximum absolute atomic E-state index is 13.1. The second-order valence-electron chi connectivity index (χ2n) is 10.1. The maximum atomic E-state index is 13.1. The van der Waals surface area contributed by atoms with E-state index in [1.807, 2.05) is 6.07 Å². The molecule has 0 radical (unpaired) electrons. The third-order valence-electron chi connectivity index (χ3n) is 5.42. The Labute approximate surface area is 229 Å². The Morgan fingerprint density at radius 2 is 1.59 bits per heavy atom. The van der Waals surface area contributed by atoms with Crippen LogP contribution >= 0.6 is 0 Å². The summed E-state index contributed by atoms with van der Waals surface area (Å²) in [4.78, 5) is 53.1. The molecule has 0 aliphatic heterocycles. The number of hydrogen-bond acceptors (Lipinski definition) is 7. The van der Waals surface area contributed by atoms with E-state index in [0.29, 0.717) is 32.2 Å². The van der Waals surface area contributed by atoms with Gasteiger partial charge in [0, 0.05) is 19.5 Å². The van der Waals surface area contributed by atoms with Crippen LogP contribution in [0, 0.1) is 0 Å². The second kappa shape index (κ2) is 16.9. The van der Waals surface area contributed by atoms with E-state index in [9.17, 15) is 24.3 Å². The Bertz CT molecular complexity index is 961. The number of nitrogens with two attached hydrogens (primary N) is 3. The molecule has 0 saturated carbocycles. The number of carboxylic acid groups (broad SMARTS) is 1. The van der Waals surface area contributed by atoms with Gasteiger partial charge in [-0.05, 0) is 58.4 Å². The summed E-state index contributed by atoms with van der Waals surface area (Å²) in [6.07, 6.45) is 1.51. The van der Waals surface area contributed by atoms with Gasteiger partial charge in [-0.1, -0.05) is 30.3 Å². The van der Waals surface area contributed by atoms with Crippen molar-refractivity contribution < 1.29 is 29.0 Å². The Balaban J connectivity index is 2.70. The van der Waals surface area contributed by atoms with Crippen LogP contribution in [0.4, 0.5) is 4.79 Å². The minimum atomic E-state index is -1.21. The highest BCUT2D eigenvalue weighted by Crippen LogP contribution is 2.08. The number of carbonyl (C=O) groups is 4. The van der Waals surface area contributed by atoms with Crippen LogP contribution < -0.4 is 33.2 Å². The number of amides is 3. The molecule has 0 fully saturated rings. The van der Waals surface area contributed by atoms with E-state index in [4.69, 9.17) is 21.9 Å². The van der Waals surface area contributed by atoms with E-state index < -0.39 is 47.6 Å². The molecule has 218 valence electrons. The number of aliphatic carboxylic acids is 1. The minimum Gasteiger partial charge on any atom is -0.480 e.